The van der Waals surface area contributed by atoms with E-state index in [1.54, 1.807) is 16.7 Å². The van der Waals surface area contributed by atoms with Crippen LogP contribution in [0.3, 0.4) is 0 Å². The van der Waals surface area contributed by atoms with Crippen LogP contribution in [0, 0.1) is 0 Å². The van der Waals surface area contributed by atoms with E-state index in [0.29, 0.717) is 50.7 Å². The first-order valence-electron chi connectivity index (χ1n) is 12.4. The Morgan fingerprint density at radius 2 is 1.53 bits per heavy atom. The van der Waals surface area contributed by atoms with Crippen molar-refractivity contribution >= 4 is 29.2 Å². The number of thiocarbonyl (C=S) groups is 1. The van der Waals surface area contributed by atoms with Gasteiger partial charge in [-0.3, -0.25) is 4.79 Å². The third-order valence-electron chi connectivity index (χ3n) is 6.92. The molecule has 3 aliphatic heterocycles. The molecule has 0 saturated carbocycles. The van der Waals surface area contributed by atoms with Crippen LogP contribution >= 0.6 is 12.2 Å². The van der Waals surface area contributed by atoms with Crippen LogP contribution < -0.4 is 0 Å². The van der Waals surface area contributed by atoms with Crippen LogP contribution in [-0.4, -0.2) is 89.0 Å². The van der Waals surface area contributed by atoms with E-state index < -0.39 is 18.5 Å². The molecule has 2 aromatic carbocycles. The summed E-state index contributed by atoms with van der Waals surface area (Å²) < 4.78 is 17.6. The van der Waals surface area contributed by atoms with Gasteiger partial charge < -0.3 is 28.9 Å². The summed E-state index contributed by atoms with van der Waals surface area (Å²) in [5, 5.41) is 0. The number of fused-ring (bicyclic) bond motifs is 2. The van der Waals surface area contributed by atoms with Crippen molar-refractivity contribution < 1.29 is 23.8 Å². The second kappa shape index (κ2) is 10.9. The van der Waals surface area contributed by atoms with Gasteiger partial charge in [-0.15, -0.1) is 0 Å². The standard InChI is InChI=1S/C27H31N3O5S/c1-2-33-27(32)29-15-13-28(14-16-29)24(31)22-23-25(36)30(18-20-11-7-4-8-12-20)21(26(34-22)35-23)17-19-9-5-3-6-10-19/h3-12,21-23,26H,2,13-18H2,1H3/t21-,22+,23+,26+/m0/s1. The quantitative estimate of drug-likeness (QED) is 0.555. The Balaban J connectivity index is 1.32. The number of hydrogen-bond acceptors (Lipinski definition) is 6. The Kier molecular flexibility index (Phi) is 7.50. The SMILES string of the molecule is CCOC(=O)N1CCN(C(=O)[C@@H]2O[C@@H]3O[C@H]2C(=S)N(Cc2ccccc2)[C@H]3Cc2ccccc2)CC1. The maximum atomic E-state index is 13.5. The van der Waals surface area contributed by atoms with Crippen molar-refractivity contribution in [3.8, 4) is 0 Å². The molecule has 190 valence electrons. The van der Waals surface area contributed by atoms with Gasteiger partial charge in [0, 0.05) is 32.7 Å². The van der Waals surface area contributed by atoms with Gasteiger partial charge in [0.15, 0.2) is 12.4 Å². The lowest BCUT2D eigenvalue weighted by molar-refractivity contribution is -0.149. The summed E-state index contributed by atoms with van der Waals surface area (Å²) in [6, 6.07) is 20.2. The molecule has 0 aliphatic carbocycles. The number of benzene rings is 2. The zero-order chi connectivity index (χ0) is 25.1. The first-order chi connectivity index (χ1) is 17.5. The number of carbonyl (C=O) groups excluding carboxylic acids is 2. The highest BCUT2D eigenvalue weighted by Crippen LogP contribution is 2.35. The Hall–Kier alpha value is -3.01. The molecule has 0 N–H and O–H groups in total. The maximum Gasteiger partial charge on any atom is 0.409 e. The smallest absolute Gasteiger partial charge is 0.409 e. The first kappa shape index (κ1) is 24.7. The molecule has 3 heterocycles. The van der Waals surface area contributed by atoms with Crippen molar-refractivity contribution in [2.45, 2.75) is 44.4 Å². The molecule has 2 aromatic rings. The van der Waals surface area contributed by atoms with E-state index in [9.17, 15) is 9.59 Å². The molecule has 0 spiro atoms. The minimum Gasteiger partial charge on any atom is -0.450 e. The molecular weight excluding hydrogens is 478 g/mol. The average molecular weight is 510 g/mol. The summed E-state index contributed by atoms with van der Waals surface area (Å²) in [6.45, 7) is 4.42. The Labute approximate surface area is 216 Å². The second-order valence-electron chi connectivity index (χ2n) is 9.20. The predicted molar refractivity (Wildman–Crippen MR) is 137 cm³/mol. The molecule has 3 fully saturated rings. The van der Waals surface area contributed by atoms with Crippen molar-refractivity contribution in [2.24, 2.45) is 0 Å². The summed E-state index contributed by atoms with van der Waals surface area (Å²) in [6.07, 6.45) is -1.64. The van der Waals surface area contributed by atoms with Gasteiger partial charge in [0.25, 0.3) is 5.91 Å². The van der Waals surface area contributed by atoms with Crippen LogP contribution in [0.1, 0.15) is 18.1 Å². The second-order valence-corrected chi connectivity index (χ2v) is 9.62. The normalized spacial score (nSPS) is 25.7. The molecule has 2 amide bonds. The number of amides is 2. The van der Waals surface area contributed by atoms with Crippen LogP contribution in [0.15, 0.2) is 60.7 Å². The van der Waals surface area contributed by atoms with E-state index in [2.05, 4.69) is 29.2 Å². The Bertz CT molecular complexity index is 1080. The number of carbonyl (C=O) groups is 2. The molecule has 0 unspecified atom stereocenters. The van der Waals surface area contributed by atoms with E-state index in [4.69, 9.17) is 26.4 Å². The molecule has 8 nitrogen and oxygen atoms in total. The monoisotopic (exact) mass is 509 g/mol. The average Bonchev–Trinajstić information content (AvgIpc) is 3.32. The summed E-state index contributed by atoms with van der Waals surface area (Å²) in [4.78, 5) is 31.7. The molecule has 36 heavy (non-hydrogen) atoms. The molecule has 0 aromatic heterocycles. The van der Waals surface area contributed by atoms with Gasteiger partial charge in [0.05, 0.1) is 12.6 Å². The van der Waals surface area contributed by atoms with Gasteiger partial charge in [-0.1, -0.05) is 72.9 Å². The number of morpholine rings is 1. The van der Waals surface area contributed by atoms with E-state index in [1.807, 2.05) is 36.4 Å². The fourth-order valence-electron chi connectivity index (χ4n) is 5.04. The number of piperazine rings is 1. The van der Waals surface area contributed by atoms with Crippen molar-refractivity contribution in [1.82, 2.24) is 14.7 Å². The van der Waals surface area contributed by atoms with Crippen LogP contribution in [0.2, 0.25) is 0 Å². The van der Waals surface area contributed by atoms with E-state index in [1.165, 1.54) is 0 Å². The number of rotatable bonds is 6. The summed E-state index contributed by atoms with van der Waals surface area (Å²) >= 11 is 5.93. The van der Waals surface area contributed by atoms with Crippen LogP contribution in [0.4, 0.5) is 4.79 Å². The molecular formula is C27H31N3O5S. The summed E-state index contributed by atoms with van der Waals surface area (Å²) in [7, 11) is 0. The van der Waals surface area contributed by atoms with E-state index in [-0.39, 0.29) is 18.0 Å². The van der Waals surface area contributed by atoms with E-state index in [0.717, 1.165) is 11.1 Å². The van der Waals surface area contributed by atoms with Crippen molar-refractivity contribution in [3.63, 3.8) is 0 Å². The first-order valence-corrected chi connectivity index (χ1v) is 12.9. The topological polar surface area (TPSA) is 71.5 Å². The highest BCUT2D eigenvalue weighted by Gasteiger charge is 2.54. The summed E-state index contributed by atoms with van der Waals surface area (Å²) in [5.41, 5.74) is 2.29. The predicted octanol–water partition coefficient (Wildman–Crippen LogP) is 2.85. The minimum absolute atomic E-state index is 0.145. The van der Waals surface area contributed by atoms with Gasteiger partial charge >= 0.3 is 6.09 Å². The lowest BCUT2D eigenvalue weighted by Crippen LogP contribution is -2.57. The molecule has 9 heteroatoms. The van der Waals surface area contributed by atoms with Crippen molar-refractivity contribution in [1.29, 1.82) is 0 Å². The number of ether oxygens (including phenoxy) is 3. The fraction of sp³-hybridized carbons (Fsp3) is 0.444. The van der Waals surface area contributed by atoms with Crippen molar-refractivity contribution in [3.05, 3.63) is 71.8 Å². The molecule has 5 rings (SSSR count). The van der Waals surface area contributed by atoms with Gasteiger partial charge in [0.1, 0.15) is 11.1 Å². The lowest BCUT2D eigenvalue weighted by atomic mass is 10.0. The minimum atomic E-state index is -0.796. The van der Waals surface area contributed by atoms with Crippen molar-refractivity contribution in [2.75, 3.05) is 32.8 Å². The van der Waals surface area contributed by atoms with Gasteiger partial charge in [-0.2, -0.15) is 0 Å². The van der Waals surface area contributed by atoms with Crippen LogP contribution in [-0.2, 0) is 32.0 Å². The Morgan fingerprint density at radius 3 is 2.17 bits per heavy atom. The van der Waals surface area contributed by atoms with E-state index >= 15 is 0 Å². The zero-order valence-corrected chi connectivity index (χ0v) is 21.1. The Morgan fingerprint density at radius 1 is 0.917 bits per heavy atom. The molecule has 4 atom stereocenters. The highest BCUT2D eigenvalue weighted by molar-refractivity contribution is 7.80. The van der Waals surface area contributed by atoms with Crippen LogP contribution in [0.5, 0.6) is 0 Å². The molecule has 2 bridgehead atoms. The zero-order valence-electron chi connectivity index (χ0n) is 20.3. The van der Waals surface area contributed by atoms with Crippen LogP contribution in [0.25, 0.3) is 0 Å². The molecule has 0 radical (unpaired) electrons. The van der Waals surface area contributed by atoms with Gasteiger partial charge in [-0.05, 0) is 24.5 Å². The number of nitrogens with zero attached hydrogens (tertiary/aromatic N) is 3. The molecule has 3 saturated heterocycles. The summed E-state index contributed by atoms with van der Waals surface area (Å²) in [5.74, 6) is -0.145. The number of hydrogen-bond donors (Lipinski definition) is 0. The fourth-order valence-corrected chi connectivity index (χ4v) is 5.41. The third-order valence-corrected chi connectivity index (χ3v) is 7.39. The highest BCUT2D eigenvalue weighted by atomic mass is 32.1. The lowest BCUT2D eigenvalue weighted by Gasteiger charge is -2.41. The third kappa shape index (κ3) is 5.09. The van der Waals surface area contributed by atoms with Gasteiger partial charge in [-0.25, -0.2) is 4.79 Å². The molecule has 3 aliphatic rings. The maximum absolute atomic E-state index is 13.5. The largest absolute Gasteiger partial charge is 0.450 e. The van der Waals surface area contributed by atoms with Gasteiger partial charge in [0.2, 0.25) is 0 Å².